The molecule has 35 heavy (non-hydrogen) atoms. The number of hydrogen-bond donors (Lipinski definition) is 10. The average Bonchev–Trinajstić information content (AvgIpc) is 2.85. The van der Waals surface area contributed by atoms with E-state index in [1.165, 1.54) is 6.92 Å². The molecule has 15 nitrogen and oxygen atoms in total. The molecule has 3 rings (SSSR count). The van der Waals surface area contributed by atoms with Crippen LogP contribution in [0.15, 0.2) is 0 Å². The second-order valence-electron chi connectivity index (χ2n) is 9.02. The molecule has 0 amide bonds. The maximum absolute atomic E-state index is 10.7. The Balaban J connectivity index is 1.76. The molecule has 3 saturated heterocycles. The monoisotopic (exact) mass is 516 g/mol. The highest BCUT2D eigenvalue weighted by atomic mass is 16.7. The zero-order valence-electron chi connectivity index (χ0n) is 19.0. The fourth-order valence-electron chi connectivity index (χ4n) is 4.50. The van der Waals surface area contributed by atoms with Gasteiger partial charge < -0.3 is 74.7 Å². The summed E-state index contributed by atoms with van der Waals surface area (Å²) in [5.74, 6) is 0. The first kappa shape index (κ1) is 29.0. The predicted octanol–water partition coefficient (Wildman–Crippen LogP) is -6.46. The summed E-state index contributed by atoms with van der Waals surface area (Å²) in [7, 11) is 0. The average molecular weight is 516 g/mol. The normalized spacial score (nSPS) is 51.3. The second-order valence-corrected chi connectivity index (χ2v) is 9.02. The topological polar surface area (TPSA) is 248 Å². The summed E-state index contributed by atoms with van der Waals surface area (Å²) in [6, 6.07) is 0. The van der Waals surface area contributed by atoms with E-state index in [2.05, 4.69) is 0 Å². The number of aliphatic hydroxyl groups is 10. The van der Waals surface area contributed by atoms with Crippen LogP contribution >= 0.6 is 0 Å². The van der Waals surface area contributed by atoms with E-state index in [1.54, 1.807) is 0 Å². The first-order valence-corrected chi connectivity index (χ1v) is 11.4. The lowest BCUT2D eigenvalue weighted by atomic mass is 9.93. The van der Waals surface area contributed by atoms with Crippen LogP contribution in [-0.4, -0.2) is 169 Å². The van der Waals surface area contributed by atoms with Crippen LogP contribution in [0.1, 0.15) is 6.92 Å². The number of aliphatic hydroxyl groups excluding tert-OH is 10. The molecule has 3 aliphatic rings. The van der Waals surface area contributed by atoms with Gasteiger partial charge in [0.15, 0.2) is 6.29 Å². The van der Waals surface area contributed by atoms with Crippen molar-refractivity contribution in [1.29, 1.82) is 0 Å². The Morgan fingerprint density at radius 3 is 1.60 bits per heavy atom. The summed E-state index contributed by atoms with van der Waals surface area (Å²) in [5, 5.41) is 99.6. The number of rotatable bonds is 8. The Labute approximate surface area is 200 Å². The molecule has 15 unspecified atom stereocenters. The van der Waals surface area contributed by atoms with Gasteiger partial charge in [0.25, 0.3) is 0 Å². The van der Waals surface area contributed by atoms with Crippen molar-refractivity contribution in [3.05, 3.63) is 0 Å². The van der Waals surface area contributed by atoms with E-state index >= 15 is 0 Å². The van der Waals surface area contributed by atoms with Crippen LogP contribution in [0.5, 0.6) is 0 Å². The van der Waals surface area contributed by atoms with E-state index in [9.17, 15) is 51.1 Å². The van der Waals surface area contributed by atoms with Gasteiger partial charge in [-0.25, -0.2) is 0 Å². The molecule has 3 fully saturated rings. The van der Waals surface area contributed by atoms with Crippen molar-refractivity contribution in [2.45, 2.75) is 98.7 Å². The van der Waals surface area contributed by atoms with E-state index in [-0.39, 0.29) is 0 Å². The van der Waals surface area contributed by atoms with Gasteiger partial charge in [-0.1, -0.05) is 0 Å². The van der Waals surface area contributed by atoms with Crippen molar-refractivity contribution in [2.24, 2.45) is 0 Å². The Hall–Kier alpha value is -0.600. The van der Waals surface area contributed by atoms with Crippen molar-refractivity contribution in [1.82, 2.24) is 0 Å². The summed E-state index contributed by atoms with van der Waals surface area (Å²) in [6.45, 7) is -0.851. The van der Waals surface area contributed by atoms with E-state index in [1.807, 2.05) is 0 Å². The third kappa shape index (κ3) is 5.95. The summed E-state index contributed by atoms with van der Waals surface area (Å²) in [6.07, 6.45) is -21.0. The minimum atomic E-state index is -1.74. The Kier molecular flexibility index (Phi) is 10.2. The quantitative estimate of drug-likeness (QED) is 0.144. The van der Waals surface area contributed by atoms with Gasteiger partial charge in [-0.15, -0.1) is 0 Å². The van der Waals surface area contributed by atoms with Crippen LogP contribution in [0.3, 0.4) is 0 Å². The van der Waals surface area contributed by atoms with Gasteiger partial charge in [0.05, 0.1) is 32.5 Å². The van der Waals surface area contributed by atoms with Crippen molar-refractivity contribution in [3.8, 4) is 0 Å². The van der Waals surface area contributed by atoms with E-state index in [0.29, 0.717) is 0 Å². The van der Waals surface area contributed by atoms with Crippen molar-refractivity contribution in [2.75, 3.05) is 26.4 Å². The van der Waals surface area contributed by atoms with Crippen molar-refractivity contribution >= 4 is 0 Å². The summed E-state index contributed by atoms with van der Waals surface area (Å²) < 4.78 is 27.8. The van der Waals surface area contributed by atoms with Crippen molar-refractivity contribution < 1.29 is 74.7 Å². The molecule has 3 heterocycles. The molecular formula is C20H36O15. The standard InChI is InChI=1S/C20H36O15/c1-6-18(35-20-17(30)16(29)12(25)8(3-22)34-20)19(14(27)9(4-23)32-6)31-5-10-13(26)15(28)11(24)7(2-21)33-10/h6-30H,2-5H2,1H3. The van der Waals surface area contributed by atoms with Gasteiger partial charge in [0, 0.05) is 0 Å². The molecule has 0 radical (unpaired) electrons. The molecule has 3 aliphatic heterocycles. The highest BCUT2D eigenvalue weighted by molar-refractivity contribution is 4.97. The van der Waals surface area contributed by atoms with Crippen LogP contribution in [0.4, 0.5) is 0 Å². The zero-order valence-corrected chi connectivity index (χ0v) is 19.0. The smallest absolute Gasteiger partial charge is 0.187 e. The minimum absolute atomic E-state index is 0.456. The van der Waals surface area contributed by atoms with Crippen LogP contribution in [0, 0.1) is 0 Å². The molecule has 0 aromatic rings. The molecule has 15 heteroatoms. The Morgan fingerprint density at radius 2 is 1.03 bits per heavy atom. The van der Waals surface area contributed by atoms with Crippen LogP contribution in [0.2, 0.25) is 0 Å². The highest BCUT2D eigenvalue weighted by Crippen LogP contribution is 2.31. The lowest BCUT2D eigenvalue weighted by molar-refractivity contribution is -0.345. The Bertz CT molecular complexity index is 652. The van der Waals surface area contributed by atoms with E-state index in [4.69, 9.17) is 23.7 Å². The van der Waals surface area contributed by atoms with Crippen molar-refractivity contribution in [3.63, 3.8) is 0 Å². The lowest BCUT2D eigenvalue weighted by Gasteiger charge is -2.47. The summed E-state index contributed by atoms with van der Waals surface area (Å²) in [5.41, 5.74) is 0. The molecule has 0 aliphatic carbocycles. The maximum atomic E-state index is 10.7. The molecule has 0 saturated carbocycles. The summed E-state index contributed by atoms with van der Waals surface area (Å²) in [4.78, 5) is 0. The molecule has 10 N–H and O–H groups in total. The van der Waals surface area contributed by atoms with Gasteiger partial charge >= 0.3 is 0 Å². The Morgan fingerprint density at radius 1 is 0.543 bits per heavy atom. The summed E-state index contributed by atoms with van der Waals surface area (Å²) >= 11 is 0. The van der Waals surface area contributed by atoms with Crippen LogP contribution in [0.25, 0.3) is 0 Å². The van der Waals surface area contributed by atoms with Gasteiger partial charge in [-0.05, 0) is 6.92 Å². The maximum Gasteiger partial charge on any atom is 0.187 e. The molecule has 0 spiro atoms. The first-order valence-electron chi connectivity index (χ1n) is 11.4. The first-order chi connectivity index (χ1) is 16.5. The third-order valence-electron chi connectivity index (χ3n) is 6.66. The second kappa shape index (κ2) is 12.3. The van der Waals surface area contributed by atoms with Crippen LogP contribution < -0.4 is 0 Å². The minimum Gasteiger partial charge on any atom is -0.394 e. The molecule has 206 valence electrons. The van der Waals surface area contributed by atoms with Gasteiger partial charge in [0.2, 0.25) is 0 Å². The van der Waals surface area contributed by atoms with Gasteiger partial charge in [-0.3, -0.25) is 0 Å². The third-order valence-corrected chi connectivity index (χ3v) is 6.66. The number of hydrogen-bond acceptors (Lipinski definition) is 15. The number of ether oxygens (including phenoxy) is 5. The highest BCUT2D eigenvalue weighted by Gasteiger charge is 2.51. The fraction of sp³-hybridized carbons (Fsp3) is 1.00. The SMILES string of the molecule is CC1OC(CO)C(O)C(OCC2OC(CO)C(O)C(O)C2O)C1OC1OC(CO)C(O)C(O)C1O. The molecule has 0 aromatic carbocycles. The molecule has 0 aromatic heterocycles. The lowest BCUT2D eigenvalue weighted by Crippen LogP contribution is -2.65. The van der Waals surface area contributed by atoms with E-state index < -0.39 is 118 Å². The zero-order chi connectivity index (χ0) is 26.0. The van der Waals surface area contributed by atoms with Gasteiger partial charge in [-0.2, -0.15) is 0 Å². The largest absolute Gasteiger partial charge is 0.394 e. The van der Waals surface area contributed by atoms with E-state index in [0.717, 1.165) is 0 Å². The van der Waals surface area contributed by atoms with Crippen LogP contribution in [-0.2, 0) is 23.7 Å². The molecular weight excluding hydrogens is 480 g/mol. The van der Waals surface area contributed by atoms with Gasteiger partial charge in [0.1, 0.15) is 79.4 Å². The molecule has 0 bridgehead atoms. The predicted molar refractivity (Wildman–Crippen MR) is 110 cm³/mol. The fourth-order valence-corrected chi connectivity index (χ4v) is 4.50. The molecule has 15 atom stereocenters.